The number of hydrogen-bond acceptors (Lipinski definition) is 3. The Bertz CT molecular complexity index is 525. The molecule has 0 amide bonds. The third kappa shape index (κ3) is 2.68. The van der Waals surface area contributed by atoms with Crippen LogP contribution in [-0.2, 0) is 13.0 Å². The molecule has 0 unspecified atom stereocenters. The van der Waals surface area contributed by atoms with E-state index >= 15 is 0 Å². The zero-order valence-electron chi connectivity index (χ0n) is 10.3. The molecule has 0 aliphatic carbocycles. The van der Waals surface area contributed by atoms with E-state index in [1.165, 1.54) is 6.07 Å². The average molecular weight is 249 g/mol. The molecule has 5 heteroatoms. The van der Waals surface area contributed by atoms with Crippen molar-refractivity contribution in [2.75, 3.05) is 6.54 Å². The number of aromatic nitrogens is 2. The highest BCUT2D eigenvalue weighted by atomic mass is 19.1. The maximum Gasteiger partial charge on any atom is 0.166 e. The molecule has 2 rings (SSSR count). The topological polar surface area (TPSA) is 53.1 Å². The van der Waals surface area contributed by atoms with E-state index in [1.54, 1.807) is 23.1 Å². The predicted octanol–water partition coefficient (Wildman–Crippen LogP) is 2.34. The summed E-state index contributed by atoms with van der Waals surface area (Å²) in [6.45, 7) is 3.17. The number of nitrogens with two attached hydrogens (primary N) is 1. The Morgan fingerprint density at radius 3 is 2.94 bits per heavy atom. The molecule has 4 nitrogen and oxygen atoms in total. The van der Waals surface area contributed by atoms with Gasteiger partial charge in [0.1, 0.15) is 0 Å². The molecule has 0 saturated carbocycles. The third-order valence-corrected chi connectivity index (χ3v) is 2.62. The number of benzene rings is 1. The van der Waals surface area contributed by atoms with Crippen LogP contribution in [0.2, 0.25) is 0 Å². The second-order valence-corrected chi connectivity index (χ2v) is 3.90. The van der Waals surface area contributed by atoms with Crippen LogP contribution in [0.25, 0.3) is 0 Å². The van der Waals surface area contributed by atoms with E-state index in [4.69, 9.17) is 10.5 Å². The molecular weight excluding hydrogens is 233 g/mol. The largest absolute Gasteiger partial charge is 0.451 e. The van der Waals surface area contributed by atoms with Crippen molar-refractivity contribution in [3.8, 4) is 11.5 Å². The molecule has 0 aliphatic heterocycles. The minimum atomic E-state index is -0.384. The molecule has 0 atom stereocenters. The highest BCUT2D eigenvalue weighted by molar-refractivity contribution is 5.38. The average Bonchev–Trinajstić information content (AvgIpc) is 2.82. The first kappa shape index (κ1) is 12.6. The van der Waals surface area contributed by atoms with Crippen molar-refractivity contribution >= 4 is 0 Å². The fourth-order valence-electron chi connectivity index (χ4n) is 1.71. The Labute approximate surface area is 105 Å². The highest BCUT2D eigenvalue weighted by Crippen LogP contribution is 2.28. The number of halogens is 1. The van der Waals surface area contributed by atoms with Gasteiger partial charge in [-0.3, -0.25) is 4.68 Å². The Morgan fingerprint density at radius 1 is 1.44 bits per heavy atom. The van der Waals surface area contributed by atoms with Crippen LogP contribution in [0.5, 0.6) is 11.5 Å². The summed E-state index contributed by atoms with van der Waals surface area (Å²) in [5.41, 5.74) is 6.27. The van der Waals surface area contributed by atoms with Gasteiger partial charge in [-0.1, -0.05) is 12.1 Å². The first-order chi connectivity index (χ1) is 8.74. The minimum Gasteiger partial charge on any atom is -0.451 e. The van der Waals surface area contributed by atoms with Gasteiger partial charge in [0.2, 0.25) is 0 Å². The van der Waals surface area contributed by atoms with Gasteiger partial charge >= 0.3 is 0 Å². The summed E-state index contributed by atoms with van der Waals surface area (Å²) in [5.74, 6) is 0.379. The van der Waals surface area contributed by atoms with Crippen molar-refractivity contribution in [1.29, 1.82) is 0 Å². The summed E-state index contributed by atoms with van der Waals surface area (Å²) in [6, 6.07) is 4.85. The lowest BCUT2D eigenvalue weighted by atomic mass is 10.1. The molecule has 1 aromatic carbocycles. The molecule has 1 heterocycles. The molecule has 96 valence electrons. The van der Waals surface area contributed by atoms with Crippen molar-refractivity contribution in [2.24, 2.45) is 5.73 Å². The summed E-state index contributed by atoms with van der Waals surface area (Å²) in [7, 11) is 0. The van der Waals surface area contributed by atoms with Gasteiger partial charge in [-0.25, -0.2) is 4.39 Å². The molecule has 1 aromatic heterocycles. The second-order valence-electron chi connectivity index (χ2n) is 3.90. The van der Waals surface area contributed by atoms with Crippen LogP contribution in [0.1, 0.15) is 12.5 Å². The van der Waals surface area contributed by atoms with E-state index in [-0.39, 0.29) is 11.6 Å². The maximum absolute atomic E-state index is 13.8. The minimum absolute atomic E-state index is 0.235. The number of hydrogen-bond donors (Lipinski definition) is 1. The van der Waals surface area contributed by atoms with E-state index in [1.807, 2.05) is 13.0 Å². The zero-order valence-corrected chi connectivity index (χ0v) is 10.3. The number of ether oxygens (including phenoxy) is 1. The van der Waals surface area contributed by atoms with Crippen LogP contribution < -0.4 is 10.5 Å². The molecular formula is C13H16FN3O. The van der Waals surface area contributed by atoms with Gasteiger partial charge in [0.05, 0.1) is 12.4 Å². The summed E-state index contributed by atoms with van der Waals surface area (Å²) in [4.78, 5) is 0. The van der Waals surface area contributed by atoms with Crippen molar-refractivity contribution in [2.45, 2.75) is 19.9 Å². The molecule has 0 saturated heterocycles. The van der Waals surface area contributed by atoms with Gasteiger partial charge in [-0.2, -0.15) is 5.10 Å². The lowest BCUT2D eigenvalue weighted by Gasteiger charge is -2.09. The van der Waals surface area contributed by atoms with Gasteiger partial charge in [0, 0.05) is 6.54 Å². The molecule has 0 fully saturated rings. The van der Waals surface area contributed by atoms with Crippen LogP contribution in [0.4, 0.5) is 4.39 Å². The van der Waals surface area contributed by atoms with Crippen molar-refractivity contribution in [1.82, 2.24) is 9.78 Å². The van der Waals surface area contributed by atoms with E-state index in [0.717, 1.165) is 12.1 Å². The predicted molar refractivity (Wildman–Crippen MR) is 67.1 cm³/mol. The zero-order chi connectivity index (χ0) is 13.0. The molecule has 18 heavy (non-hydrogen) atoms. The standard InChI is InChI=1S/C13H16FN3O/c1-2-17-9-11(8-16-17)18-13-10(6-7-15)4-3-5-12(13)14/h3-5,8-9H,2,6-7,15H2,1H3. The second kappa shape index (κ2) is 5.64. The van der Waals surface area contributed by atoms with Gasteiger partial charge in [0.25, 0.3) is 0 Å². The molecule has 0 aliphatic rings. The van der Waals surface area contributed by atoms with Crippen LogP contribution in [0, 0.1) is 5.82 Å². The summed E-state index contributed by atoms with van der Waals surface area (Å²) < 4.78 is 21.0. The first-order valence-electron chi connectivity index (χ1n) is 5.92. The number of aryl methyl sites for hydroxylation is 1. The van der Waals surface area contributed by atoms with Crippen LogP contribution >= 0.6 is 0 Å². The van der Waals surface area contributed by atoms with Crippen molar-refractivity contribution in [3.63, 3.8) is 0 Å². The van der Waals surface area contributed by atoms with Crippen LogP contribution in [0.3, 0.4) is 0 Å². The Balaban J connectivity index is 2.26. The summed E-state index contributed by atoms with van der Waals surface area (Å²) in [5, 5.41) is 4.08. The highest BCUT2D eigenvalue weighted by Gasteiger charge is 2.11. The van der Waals surface area contributed by atoms with E-state index in [0.29, 0.717) is 18.7 Å². The Kier molecular flexibility index (Phi) is 3.94. The van der Waals surface area contributed by atoms with Crippen LogP contribution in [-0.4, -0.2) is 16.3 Å². The molecule has 2 aromatic rings. The Morgan fingerprint density at radius 2 is 2.28 bits per heavy atom. The summed E-state index contributed by atoms with van der Waals surface area (Å²) >= 11 is 0. The van der Waals surface area contributed by atoms with E-state index < -0.39 is 0 Å². The lowest BCUT2D eigenvalue weighted by molar-refractivity contribution is 0.435. The molecule has 0 radical (unpaired) electrons. The smallest absolute Gasteiger partial charge is 0.166 e. The van der Waals surface area contributed by atoms with E-state index in [2.05, 4.69) is 5.10 Å². The molecule has 0 bridgehead atoms. The fraction of sp³-hybridized carbons (Fsp3) is 0.308. The number of nitrogens with zero attached hydrogens (tertiary/aromatic N) is 2. The quantitative estimate of drug-likeness (QED) is 0.884. The maximum atomic E-state index is 13.8. The Hall–Kier alpha value is -1.88. The summed E-state index contributed by atoms with van der Waals surface area (Å²) in [6.07, 6.45) is 3.88. The molecule has 2 N–H and O–H groups in total. The monoisotopic (exact) mass is 249 g/mol. The normalized spacial score (nSPS) is 10.6. The van der Waals surface area contributed by atoms with Gasteiger partial charge in [-0.15, -0.1) is 0 Å². The van der Waals surface area contributed by atoms with Crippen molar-refractivity contribution < 1.29 is 9.13 Å². The first-order valence-corrected chi connectivity index (χ1v) is 5.92. The fourth-order valence-corrected chi connectivity index (χ4v) is 1.71. The van der Waals surface area contributed by atoms with Crippen LogP contribution in [0.15, 0.2) is 30.6 Å². The number of rotatable bonds is 5. The number of para-hydroxylation sites is 1. The van der Waals surface area contributed by atoms with E-state index in [9.17, 15) is 4.39 Å². The van der Waals surface area contributed by atoms with Gasteiger partial charge < -0.3 is 10.5 Å². The van der Waals surface area contributed by atoms with Gasteiger partial charge in [0.15, 0.2) is 17.3 Å². The van der Waals surface area contributed by atoms with Crippen molar-refractivity contribution in [3.05, 3.63) is 42.0 Å². The molecule has 0 spiro atoms. The van der Waals surface area contributed by atoms with Gasteiger partial charge in [-0.05, 0) is 31.5 Å². The lowest BCUT2D eigenvalue weighted by Crippen LogP contribution is -2.04. The third-order valence-electron chi connectivity index (χ3n) is 2.62. The SMILES string of the molecule is CCn1cc(Oc2c(F)cccc2CCN)cn1.